The fourth-order valence-electron chi connectivity index (χ4n) is 5.26. The van der Waals surface area contributed by atoms with E-state index in [4.69, 9.17) is 4.74 Å². The van der Waals surface area contributed by atoms with Gasteiger partial charge >= 0.3 is 5.69 Å². The highest BCUT2D eigenvalue weighted by Crippen LogP contribution is 2.49. The maximum atomic E-state index is 13.0. The number of imide groups is 1. The fourth-order valence-corrected chi connectivity index (χ4v) is 5.26. The number of piperidine rings is 2. The van der Waals surface area contributed by atoms with Crippen molar-refractivity contribution in [3.8, 4) is 5.75 Å². The molecule has 2 aromatic rings. The Morgan fingerprint density at radius 1 is 1.13 bits per heavy atom. The molecule has 2 saturated heterocycles. The van der Waals surface area contributed by atoms with Gasteiger partial charge in [-0.15, -0.1) is 12.4 Å². The van der Waals surface area contributed by atoms with E-state index in [2.05, 4.69) is 10.6 Å². The van der Waals surface area contributed by atoms with Crippen LogP contribution in [-0.2, 0) is 16.6 Å². The highest BCUT2D eigenvalue weighted by Gasteiger charge is 2.46. The maximum absolute atomic E-state index is 13.0. The topological polar surface area (TPSA) is 94.4 Å². The number of ether oxygens (including phenoxy) is 1. The number of hydrogen-bond acceptors (Lipinski definition) is 5. The van der Waals surface area contributed by atoms with Crippen LogP contribution in [0, 0.1) is 5.41 Å². The molecule has 5 rings (SSSR count). The molecule has 9 heteroatoms. The van der Waals surface area contributed by atoms with Crippen LogP contribution >= 0.6 is 12.4 Å². The first-order valence-electron chi connectivity index (χ1n) is 10.4. The highest BCUT2D eigenvalue weighted by molar-refractivity contribution is 6.00. The Balaban J connectivity index is 0.00000218. The number of para-hydroxylation sites is 1. The lowest BCUT2D eigenvalue weighted by Crippen LogP contribution is -2.49. The molecular weight excluding hydrogens is 408 g/mol. The predicted octanol–water partition coefficient (Wildman–Crippen LogP) is 1.65. The summed E-state index contributed by atoms with van der Waals surface area (Å²) in [7, 11) is 1.70. The van der Waals surface area contributed by atoms with Crippen LogP contribution in [0.3, 0.4) is 0 Å². The first-order chi connectivity index (χ1) is 14.0. The van der Waals surface area contributed by atoms with E-state index >= 15 is 0 Å². The van der Waals surface area contributed by atoms with Gasteiger partial charge < -0.3 is 10.1 Å². The number of halogens is 1. The minimum atomic E-state index is -0.680. The Bertz CT molecular complexity index is 1050. The first kappa shape index (κ1) is 20.9. The average Bonchev–Trinajstić information content (AvgIpc) is 2.93. The summed E-state index contributed by atoms with van der Waals surface area (Å²) < 4.78 is 9.37. The number of rotatable bonds is 3. The number of carbonyl (C=O) groups excluding carboxylic acids is 2. The molecule has 1 saturated carbocycles. The number of benzene rings is 1. The van der Waals surface area contributed by atoms with Crippen LogP contribution in [0.25, 0.3) is 11.0 Å². The van der Waals surface area contributed by atoms with Gasteiger partial charge in [-0.2, -0.15) is 0 Å². The molecule has 1 atom stereocenters. The number of hydrogen-bond donors (Lipinski definition) is 2. The molecule has 1 aromatic heterocycles. The van der Waals surface area contributed by atoms with E-state index < -0.39 is 11.9 Å². The van der Waals surface area contributed by atoms with Gasteiger partial charge in [-0.1, -0.05) is 6.07 Å². The third-order valence-electron chi connectivity index (χ3n) is 6.87. The number of aryl methyl sites for hydroxylation is 1. The molecule has 8 nitrogen and oxygen atoms in total. The highest BCUT2D eigenvalue weighted by atomic mass is 35.5. The van der Waals surface area contributed by atoms with Crippen LogP contribution in [0.2, 0.25) is 0 Å². The van der Waals surface area contributed by atoms with Crippen LogP contribution in [0.4, 0.5) is 0 Å². The molecular formula is C21H27ClN4O4. The second-order valence-corrected chi connectivity index (χ2v) is 8.70. The smallest absolute Gasteiger partial charge is 0.329 e. The summed E-state index contributed by atoms with van der Waals surface area (Å²) in [6, 6.07) is 4.91. The molecule has 1 aliphatic carbocycles. The van der Waals surface area contributed by atoms with Crippen LogP contribution in [-0.4, -0.2) is 40.1 Å². The van der Waals surface area contributed by atoms with Gasteiger partial charge in [-0.25, -0.2) is 4.79 Å². The number of nitrogens with one attached hydrogen (secondary N) is 2. The molecule has 30 heavy (non-hydrogen) atoms. The Morgan fingerprint density at radius 2 is 1.87 bits per heavy atom. The van der Waals surface area contributed by atoms with E-state index in [1.54, 1.807) is 11.6 Å². The van der Waals surface area contributed by atoms with E-state index in [0.717, 1.165) is 25.9 Å². The second-order valence-electron chi connectivity index (χ2n) is 8.70. The van der Waals surface area contributed by atoms with Crippen molar-refractivity contribution < 1.29 is 14.3 Å². The van der Waals surface area contributed by atoms with Crippen molar-refractivity contribution in [3.63, 3.8) is 0 Å². The van der Waals surface area contributed by atoms with Crippen molar-refractivity contribution >= 4 is 35.3 Å². The Morgan fingerprint density at radius 3 is 2.57 bits per heavy atom. The lowest BCUT2D eigenvalue weighted by molar-refractivity contribution is -0.135. The van der Waals surface area contributed by atoms with Gasteiger partial charge in [0.15, 0.2) is 0 Å². The quantitative estimate of drug-likeness (QED) is 0.716. The minimum Gasteiger partial charge on any atom is -0.488 e. The van der Waals surface area contributed by atoms with Crippen LogP contribution in [0.5, 0.6) is 5.75 Å². The summed E-state index contributed by atoms with van der Waals surface area (Å²) in [5.74, 6) is -0.0312. The summed E-state index contributed by atoms with van der Waals surface area (Å²) >= 11 is 0. The molecule has 3 heterocycles. The third-order valence-corrected chi connectivity index (χ3v) is 6.87. The second kappa shape index (κ2) is 7.74. The third kappa shape index (κ3) is 3.32. The van der Waals surface area contributed by atoms with Gasteiger partial charge in [0.05, 0.1) is 11.6 Å². The standard InChI is InChI=1S/C21H26N4O4.ClH/c1-24-18-14(25(20(24)28)15-5-6-17(26)23-19(15)27)3-2-4-16(18)29-13-11-21(12-13)7-9-22-10-8-21;/h2-4,13,15,22H,5-12H2,1H3,(H,23,26,27);1H. The summed E-state index contributed by atoms with van der Waals surface area (Å²) in [4.78, 5) is 36.8. The number of carbonyl (C=O) groups is 2. The Kier molecular flexibility index (Phi) is 5.40. The lowest BCUT2D eigenvalue weighted by Gasteiger charge is -2.49. The molecule has 1 spiro atoms. The number of amides is 2. The van der Waals surface area contributed by atoms with E-state index in [-0.39, 0.29) is 36.5 Å². The predicted molar refractivity (Wildman–Crippen MR) is 114 cm³/mol. The van der Waals surface area contributed by atoms with Crippen molar-refractivity contribution in [2.75, 3.05) is 13.1 Å². The van der Waals surface area contributed by atoms with Crippen LogP contribution in [0.1, 0.15) is 44.6 Å². The number of fused-ring (bicyclic) bond motifs is 1. The fraction of sp³-hybridized carbons (Fsp3) is 0.571. The first-order valence-corrected chi connectivity index (χ1v) is 10.4. The molecule has 2 amide bonds. The largest absolute Gasteiger partial charge is 0.488 e. The van der Waals surface area contributed by atoms with E-state index in [9.17, 15) is 14.4 Å². The van der Waals surface area contributed by atoms with Crippen molar-refractivity contribution in [1.82, 2.24) is 19.8 Å². The number of imidazole rings is 1. The van der Waals surface area contributed by atoms with Crippen molar-refractivity contribution in [2.24, 2.45) is 12.5 Å². The average molecular weight is 435 g/mol. The van der Waals surface area contributed by atoms with Gasteiger partial charge in [0.25, 0.3) is 0 Å². The van der Waals surface area contributed by atoms with Crippen LogP contribution < -0.4 is 21.1 Å². The summed E-state index contributed by atoms with van der Waals surface area (Å²) in [5, 5.41) is 5.76. The molecule has 2 aliphatic heterocycles. The molecule has 0 radical (unpaired) electrons. The molecule has 1 aromatic carbocycles. The number of nitrogens with zero attached hydrogens (tertiary/aromatic N) is 2. The zero-order chi connectivity index (χ0) is 20.2. The molecule has 1 unspecified atom stereocenters. The summed E-state index contributed by atoms with van der Waals surface area (Å²) in [6.45, 7) is 2.15. The van der Waals surface area contributed by atoms with E-state index in [0.29, 0.717) is 28.6 Å². The zero-order valence-corrected chi connectivity index (χ0v) is 17.8. The monoisotopic (exact) mass is 434 g/mol. The van der Waals surface area contributed by atoms with Crippen LogP contribution in [0.15, 0.2) is 23.0 Å². The van der Waals surface area contributed by atoms with Crippen molar-refractivity contribution in [2.45, 2.75) is 50.7 Å². The Labute approximate surface area is 180 Å². The van der Waals surface area contributed by atoms with Gasteiger partial charge in [0, 0.05) is 13.5 Å². The van der Waals surface area contributed by atoms with Gasteiger partial charge in [-0.05, 0) is 62.7 Å². The van der Waals surface area contributed by atoms with Gasteiger partial charge in [-0.3, -0.25) is 24.0 Å². The molecule has 3 fully saturated rings. The number of aromatic nitrogens is 2. The minimum absolute atomic E-state index is 0. The molecule has 0 bridgehead atoms. The van der Waals surface area contributed by atoms with Gasteiger partial charge in [0.2, 0.25) is 11.8 Å². The molecule has 3 aliphatic rings. The van der Waals surface area contributed by atoms with Crippen molar-refractivity contribution in [3.05, 3.63) is 28.7 Å². The Hall–Kier alpha value is -2.32. The summed E-state index contributed by atoms with van der Waals surface area (Å²) in [5.41, 5.74) is 1.51. The van der Waals surface area contributed by atoms with E-state index in [1.807, 2.05) is 18.2 Å². The summed E-state index contributed by atoms with van der Waals surface area (Å²) in [6.07, 6.45) is 5.21. The SMILES string of the molecule is Cl.Cn1c(=O)n(C2CCC(=O)NC2=O)c2cccc(OC3CC4(CCNCC4)C3)c21. The van der Waals surface area contributed by atoms with Gasteiger partial charge in [0.1, 0.15) is 17.3 Å². The molecule has 2 N–H and O–H groups in total. The molecule has 162 valence electrons. The maximum Gasteiger partial charge on any atom is 0.329 e. The normalized spacial score (nSPS) is 23.7. The zero-order valence-electron chi connectivity index (χ0n) is 17.0. The van der Waals surface area contributed by atoms with Crippen molar-refractivity contribution in [1.29, 1.82) is 0 Å². The van der Waals surface area contributed by atoms with E-state index in [1.165, 1.54) is 17.4 Å². The lowest BCUT2D eigenvalue weighted by atomic mass is 9.62.